The summed E-state index contributed by atoms with van der Waals surface area (Å²) in [7, 11) is 0. The molecular weight excluding hydrogens is 254 g/mol. The number of carbonyl (C=O) groups excluding carboxylic acids is 2. The minimum Gasteiger partial charge on any atom is -0.318 e. The quantitative estimate of drug-likeness (QED) is 0.822. The summed E-state index contributed by atoms with van der Waals surface area (Å²) >= 11 is 0. The third-order valence-corrected chi connectivity index (χ3v) is 2.88. The molecule has 20 heavy (non-hydrogen) atoms. The second-order valence-corrected chi connectivity index (χ2v) is 4.42. The van der Waals surface area contributed by atoms with Gasteiger partial charge in [-0.3, -0.25) is 9.59 Å². The number of aryl methyl sites for hydroxylation is 2. The minimum atomic E-state index is -0.748. The lowest BCUT2D eigenvalue weighted by Gasteiger charge is -2.07. The van der Waals surface area contributed by atoms with E-state index in [0.29, 0.717) is 11.5 Å². The maximum atomic E-state index is 11.8. The largest absolute Gasteiger partial charge is 0.318 e. The Labute approximate surface area is 117 Å². The van der Waals surface area contributed by atoms with Gasteiger partial charge in [-0.25, -0.2) is 4.98 Å². The number of aromatic nitrogens is 1. The normalized spacial score (nSPS) is 9.90. The zero-order chi connectivity index (χ0) is 14.5. The van der Waals surface area contributed by atoms with E-state index in [1.54, 1.807) is 24.3 Å². The topological polar surface area (TPSA) is 71.1 Å². The standard InChI is InChI=1S/C15H15N3O2/c1-10-6-7-12(9-11(10)2)17-14(19)15(20)18-13-5-3-4-8-16-13/h3-9H,1-2H3,(H,17,19)(H,16,18,20). The zero-order valence-electron chi connectivity index (χ0n) is 11.3. The number of nitrogens with one attached hydrogen (secondary N) is 2. The zero-order valence-corrected chi connectivity index (χ0v) is 11.3. The van der Waals surface area contributed by atoms with Gasteiger partial charge in [-0.1, -0.05) is 12.1 Å². The van der Waals surface area contributed by atoms with Crippen molar-refractivity contribution in [2.24, 2.45) is 0 Å². The van der Waals surface area contributed by atoms with Crippen LogP contribution in [0.15, 0.2) is 42.6 Å². The molecule has 2 amide bonds. The number of hydrogen-bond acceptors (Lipinski definition) is 3. The first-order chi connectivity index (χ1) is 9.56. The number of nitrogens with zero attached hydrogens (tertiary/aromatic N) is 1. The molecule has 5 heteroatoms. The predicted molar refractivity (Wildman–Crippen MR) is 77.4 cm³/mol. The first kappa shape index (κ1) is 13.7. The summed E-state index contributed by atoms with van der Waals surface area (Å²) in [5.41, 5.74) is 2.77. The van der Waals surface area contributed by atoms with Crippen LogP contribution >= 0.6 is 0 Å². The molecule has 0 saturated carbocycles. The van der Waals surface area contributed by atoms with Crippen LogP contribution in [-0.4, -0.2) is 16.8 Å². The highest BCUT2D eigenvalue weighted by Crippen LogP contribution is 2.14. The Morgan fingerprint density at radius 1 is 0.950 bits per heavy atom. The van der Waals surface area contributed by atoms with Crippen molar-refractivity contribution in [2.75, 3.05) is 10.6 Å². The third-order valence-electron chi connectivity index (χ3n) is 2.88. The van der Waals surface area contributed by atoms with Crippen LogP contribution in [0.5, 0.6) is 0 Å². The number of benzene rings is 1. The number of amides is 2. The molecule has 0 spiro atoms. The first-order valence-corrected chi connectivity index (χ1v) is 6.17. The molecule has 0 aliphatic carbocycles. The molecule has 0 aliphatic heterocycles. The molecule has 0 aliphatic rings. The lowest BCUT2D eigenvalue weighted by molar-refractivity contribution is -0.133. The fraction of sp³-hybridized carbons (Fsp3) is 0.133. The third kappa shape index (κ3) is 3.41. The summed E-state index contributed by atoms with van der Waals surface area (Å²) in [5, 5.41) is 4.98. The summed E-state index contributed by atoms with van der Waals surface area (Å²) < 4.78 is 0. The average molecular weight is 269 g/mol. The van der Waals surface area contributed by atoms with Crippen molar-refractivity contribution in [3.8, 4) is 0 Å². The number of anilines is 2. The van der Waals surface area contributed by atoms with Crippen LogP contribution in [0.2, 0.25) is 0 Å². The fourth-order valence-corrected chi connectivity index (χ4v) is 1.62. The molecule has 5 nitrogen and oxygen atoms in total. The Morgan fingerprint density at radius 3 is 2.35 bits per heavy atom. The van der Waals surface area contributed by atoms with Crippen molar-refractivity contribution in [2.45, 2.75) is 13.8 Å². The number of carbonyl (C=O) groups is 2. The smallest absolute Gasteiger partial charge is 0.315 e. The van der Waals surface area contributed by atoms with Crippen molar-refractivity contribution in [1.82, 2.24) is 4.98 Å². The monoisotopic (exact) mass is 269 g/mol. The second-order valence-electron chi connectivity index (χ2n) is 4.42. The summed E-state index contributed by atoms with van der Waals surface area (Å²) in [6, 6.07) is 10.5. The Kier molecular flexibility index (Phi) is 4.10. The van der Waals surface area contributed by atoms with Crippen LogP contribution in [0.1, 0.15) is 11.1 Å². The van der Waals surface area contributed by atoms with E-state index >= 15 is 0 Å². The van der Waals surface area contributed by atoms with E-state index < -0.39 is 11.8 Å². The van der Waals surface area contributed by atoms with Gasteiger partial charge in [0.2, 0.25) is 0 Å². The van der Waals surface area contributed by atoms with Gasteiger partial charge in [0.05, 0.1) is 0 Å². The molecule has 0 fully saturated rings. The Hall–Kier alpha value is -2.69. The number of rotatable bonds is 2. The van der Waals surface area contributed by atoms with Crippen molar-refractivity contribution in [1.29, 1.82) is 0 Å². The molecule has 2 N–H and O–H groups in total. The Bertz CT molecular complexity index is 639. The molecule has 0 radical (unpaired) electrons. The predicted octanol–water partition coefficient (Wildman–Crippen LogP) is 2.28. The van der Waals surface area contributed by atoms with Crippen molar-refractivity contribution < 1.29 is 9.59 Å². The highest BCUT2D eigenvalue weighted by Gasteiger charge is 2.14. The van der Waals surface area contributed by atoms with Gasteiger partial charge in [0.15, 0.2) is 0 Å². The van der Waals surface area contributed by atoms with E-state index in [1.807, 2.05) is 26.0 Å². The second kappa shape index (κ2) is 5.97. The molecule has 0 unspecified atom stereocenters. The fourth-order valence-electron chi connectivity index (χ4n) is 1.62. The first-order valence-electron chi connectivity index (χ1n) is 6.17. The van der Waals surface area contributed by atoms with E-state index in [0.717, 1.165) is 11.1 Å². The van der Waals surface area contributed by atoms with Gasteiger partial charge in [-0.2, -0.15) is 0 Å². The molecule has 2 rings (SSSR count). The van der Waals surface area contributed by atoms with Gasteiger partial charge in [0.25, 0.3) is 0 Å². The molecule has 2 aromatic rings. The maximum Gasteiger partial charge on any atom is 0.315 e. The van der Waals surface area contributed by atoms with Crippen LogP contribution in [0, 0.1) is 13.8 Å². The SMILES string of the molecule is Cc1ccc(NC(=O)C(=O)Nc2ccccn2)cc1C. The highest BCUT2D eigenvalue weighted by molar-refractivity contribution is 6.43. The lowest BCUT2D eigenvalue weighted by atomic mass is 10.1. The lowest BCUT2D eigenvalue weighted by Crippen LogP contribution is -2.29. The molecule has 102 valence electrons. The maximum absolute atomic E-state index is 11.8. The van der Waals surface area contributed by atoms with Gasteiger partial charge in [0, 0.05) is 11.9 Å². The Balaban J connectivity index is 2.01. The van der Waals surface area contributed by atoms with Gasteiger partial charge in [-0.15, -0.1) is 0 Å². The van der Waals surface area contributed by atoms with Crippen LogP contribution in [0.25, 0.3) is 0 Å². The van der Waals surface area contributed by atoms with Crippen LogP contribution in [0.4, 0.5) is 11.5 Å². The van der Waals surface area contributed by atoms with Crippen molar-refractivity contribution >= 4 is 23.3 Å². The van der Waals surface area contributed by atoms with Crippen molar-refractivity contribution in [3.05, 3.63) is 53.7 Å². The van der Waals surface area contributed by atoms with E-state index in [2.05, 4.69) is 15.6 Å². The molecule has 0 bridgehead atoms. The molecule has 0 saturated heterocycles. The molecule has 1 aromatic carbocycles. The Morgan fingerprint density at radius 2 is 1.70 bits per heavy atom. The van der Waals surface area contributed by atoms with Crippen LogP contribution < -0.4 is 10.6 Å². The van der Waals surface area contributed by atoms with E-state index in [-0.39, 0.29) is 0 Å². The van der Waals surface area contributed by atoms with Gasteiger partial charge in [-0.05, 0) is 49.2 Å². The average Bonchev–Trinajstić information content (AvgIpc) is 2.44. The van der Waals surface area contributed by atoms with Gasteiger partial charge in [0.1, 0.15) is 5.82 Å². The van der Waals surface area contributed by atoms with Gasteiger partial charge < -0.3 is 10.6 Å². The van der Waals surface area contributed by atoms with Crippen molar-refractivity contribution in [3.63, 3.8) is 0 Å². The number of pyridine rings is 1. The van der Waals surface area contributed by atoms with E-state index in [4.69, 9.17) is 0 Å². The summed E-state index contributed by atoms with van der Waals surface area (Å²) in [6.07, 6.45) is 1.54. The summed E-state index contributed by atoms with van der Waals surface area (Å²) in [6.45, 7) is 3.92. The van der Waals surface area contributed by atoms with Crippen LogP contribution in [-0.2, 0) is 9.59 Å². The molecule has 1 heterocycles. The summed E-state index contributed by atoms with van der Waals surface area (Å²) in [5.74, 6) is -1.13. The van der Waals surface area contributed by atoms with E-state index in [9.17, 15) is 9.59 Å². The van der Waals surface area contributed by atoms with E-state index in [1.165, 1.54) is 6.20 Å². The minimum absolute atomic E-state index is 0.340. The molecule has 0 atom stereocenters. The summed E-state index contributed by atoms with van der Waals surface area (Å²) in [4.78, 5) is 27.4. The molecular formula is C15H15N3O2. The number of hydrogen-bond donors (Lipinski definition) is 2. The van der Waals surface area contributed by atoms with Crippen LogP contribution in [0.3, 0.4) is 0 Å². The highest BCUT2D eigenvalue weighted by atomic mass is 16.2. The van der Waals surface area contributed by atoms with Gasteiger partial charge >= 0.3 is 11.8 Å². The molecule has 1 aromatic heterocycles.